The van der Waals surface area contributed by atoms with Crippen LogP contribution >= 0.6 is 27.3 Å². The van der Waals surface area contributed by atoms with Crippen LogP contribution in [0.1, 0.15) is 38.6 Å². The molecule has 0 saturated carbocycles. The zero-order valence-corrected chi connectivity index (χ0v) is 14.3. The number of rotatable bonds is 2. The topological polar surface area (TPSA) is 43.7 Å². The molecule has 6 heteroatoms. The van der Waals surface area contributed by atoms with Crippen molar-refractivity contribution in [1.29, 1.82) is 0 Å². The Morgan fingerprint density at radius 1 is 1.55 bits per heavy atom. The molecule has 0 spiro atoms. The van der Waals surface area contributed by atoms with Gasteiger partial charge in [-0.15, -0.1) is 11.3 Å². The van der Waals surface area contributed by atoms with Gasteiger partial charge in [0.1, 0.15) is 21.3 Å². The lowest BCUT2D eigenvalue weighted by Gasteiger charge is -2.47. The molecular weight excluding hydrogens is 340 g/mol. The van der Waals surface area contributed by atoms with Gasteiger partial charge in [-0.3, -0.25) is 0 Å². The van der Waals surface area contributed by atoms with Crippen LogP contribution in [0.25, 0.3) is 0 Å². The fourth-order valence-corrected chi connectivity index (χ4v) is 4.72. The smallest absolute Gasteiger partial charge is 0.181 e. The highest BCUT2D eigenvalue weighted by atomic mass is 79.9. The molecule has 0 aromatic carbocycles. The Bertz CT molecular complexity index is 533. The fourth-order valence-electron chi connectivity index (χ4n) is 3.27. The third-order valence-corrected chi connectivity index (χ3v) is 5.88. The van der Waals surface area contributed by atoms with E-state index < -0.39 is 0 Å². The molecule has 0 N–H and O–H groups in total. The molecular formula is C14H19BrN2O2S. The summed E-state index contributed by atoms with van der Waals surface area (Å²) in [5.41, 5.74) is -0.369. The Morgan fingerprint density at radius 3 is 3.00 bits per heavy atom. The van der Waals surface area contributed by atoms with Crippen molar-refractivity contribution in [2.24, 2.45) is 10.9 Å². The standard InChI is InChI=1S/C14H19BrN2O2S/c1-4-11-10-5-8(2)18-7-14(10,17-9(3)19-11)13-16-12(15)6-20-13/h6,8,10-11H,4-5,7H2,1-3H3/t8-,10-,11+,14-/m0/s1. The van der Waals surface area contributed by atoms with Crippen LogP contribution < -0.4 is 0 Å². The Morgan fingerprint density at radius 2 is 2.35 bits per heavy atom. The molecule has 4 atom stereocenters. The lowest BCUT2D eigenvalue weighted by atomic mass is 9.74. The van der Waals surface area contributed by atoms with Gasteiger partial charge in [0.05, 0.1) is 12.7 Å². The summed E-state index contributed by atoms with van der Waals surface area (Å²) in [6, 6.07) is 0. The Hall–Kier alpha value is -0.460. The van der Waals surface area contributed by atoms with Gasteiger partial charge < -0.3 is 9.47 Å². The van der Waals surface area contributed by atoms with E-state index in [4.69, 9.17) is 14.5 Å². The first-order valence-corrected chi connectivity index (χ1v) is 8.68. The summed E-state index contributed by atoms with van der Waals surface area (Å²) in [5, 5.41) is 3.04. The predicted octanol–water partition coefficient (Wildman–Crippen LogP) is 3.75. The van der Waals surface area contributed by atoms with Crippen LogP contribution in [0.15, 0.2) is 15.0 Å². The molecule has 110 valence electrons. The average molecular weight is 359 g/mol. The van der Waals surface area contributed by atoms with Gasteiger partial charge >= 0.3 is 0 Å². The molecule has 0 radical (unpaired) electrons. The van der Waals surface area contributed by atoms with Crippen LogP contribution in [0.5, 0.6) is 0 Å². The van der Waals surface area contributed by atoms with Gasteiger partial charge in [0.25, 0.3) is 0 Å². The van der Waals surface area contributed by atoms with E-state index in [-0.39, 0.29) is 17.7 Å². The first kappa shape index (κ1) is 14.5. The second-order valence-corrected chi connectivity index (χ2v) is 7.23. The molecule has 0 unspecified atom stereocenters. The quantitative estimate of drug-likeness (QED) is 0.808. The van der Waals surface area contributed by atoms with E-state index in [0.717, 1.165) is 28.4 Å². The summed E-state index contributed by atoms with van der Waals surface area (Å²) in [5.74, 6) is 1.08. The van der Waals surface area contributed by atoms with E-state index in [0.29, 0.717) is 12.5 Å². The molecule has 1 aromatic rings. The number of aromatic nitrogens is 1. The molecule has 0 bridgehead atoms. The second-order valence-electron chi connectivity index (χ2n) is 5.56. The maximum atomic E-state index is 5.97. The van der Waals surface area contributed by atoms with Crippen molar-refractivity contribution in [2.75, 3.05) is 6.61 Å². The highest BCUT2D eigenvalue weighted by Crippen LogP contribution is 2.47. The molecule has 2 aliphatic heterocycles. The lowest BCUT2D eigenvalue weighted by molar-refractivity contribution is -0.0982. The highest BCUT2D eigenvalue weighted by molar-refractivity contribution is 9.10. The number of hydrogen-bond acceptors (Lipinski definition) is 5. The second kappa shape index (κ2) is 5.39. The van der Waals surface area contributed by atoms with Crippen LogP contribution in [-0.4, -0.2) is 29.7 Å². The van der Waals surface area contributed by atoms with Gasteiger partial charge in [-0.25, -0.2) is 9.98 Å². The van der Waals surface area contributed by atoms with E-state index in [1.807, 2.05) is 12.3 Å². The molecule has 0 aliphatic carbocycles. The fraction of sp³-hybridized carbons (Fsp3) is 0.714. The number of hydrogen-bond donors (Lipinski definition) is 0. The molecule has 20 heavy (non-hydrogen) atoms. The molecule has 3 rings (SSSR count). The lowest BCUT2D eigenvalue weighted by Crippen LogP contribution is -2.53. The third kappa shape index (κ3) is 2.31. The van der Waals surface area contributed by atoms with Gasteiger partial charge in [-0.05, 0) is 35.7 Å². The summed E-state index contributed by atoms with van der Waals surface area (Å²) in [7, 11) is 0. The number of nitrogens with zero attached hydrogens (tertiary/aromatic N) is 2. The normalized spacial score (nSPS) is 37.0. The third-order valence-electron chi connectivity index (χ3n) is 4.16. The van der Waals surface area contributed by atoms with E-state index in [9.17, 15) is 0 Å². The van der Waals surface area contributed by atoms with Crippen LogP contribution in [0.4, 0.5) is 0 Å². The molecule has 1 fully saturated rings. The largest absolute Gasteiger partial charge is 0.478 e. The van der Waals surface area contributed by atoms with Crippen molar-refractivity contribution in [2.45, 2.75) is 51.4 Å². The summed E-state index contributed by atoms with van der Waals surface area (Å²) in [6.07, 6.45) is 2.40. The van der Waals surface area contributed by atoms with E-state index >= 15 is 0 Å². The average Bonchev–Trinajstić information content (AvgIpc) is 2.85. The number of halogens is 1. The molecule has 0 amide bonds. The minimum atomic E-state index is -0.369. The van der Waals surface area contributed by atoms with Gasteiger partial charge in [0, 0.05) is 18.2 Å². The molecule has 2 aliphatic rings. The predicted molar refractivity (Wildman–Crippen MR) is 83.3 cm³/mol. The monoisotopic (exact) mass is 358 g/mol. The van der Waals surface area contributed by atoms with E-state index in [2.05, 4.69) is 34.8 Å². The number of fused-ring (bicyclic) bond motifs is 1. The van der Waals surface area contributed by atoms with E-state index in [1.54, 1.807) is 11.3 Å². The minimum Gasteiger partial charge on any atom is -0.478 e. The SMILES string of the molecule is CC[C@H]1OC(C)=N[C@@]2(c3nc(Br)cs3)CO[C@@H](C)C[C@@H]12. The Kier molecular flexibility index (Phi) is 3.90. The minimum absolute atomic E-state index is 0.196. The van der Waals surface area contributed by atoms with Gasteiger partial charge in [-0.1, -0.05) is 6.92 Å². The maximum Gasteiger partial charge on any atom is 0.181 e. The first-order valence-electron chi connectivity index (χ1n) is 7.01. The van der Waals surface area contributed by atoms with E-state index in [1.165, 1.54) is 0 Å². The van der Waals surface area contributed by atoms with Crippen molar-refractivity contribution in [3.63, 3.8) is 0 Å². The van der Waals surface area contributed by atoms with Gasteiger partial charge in [-0.2, -0.15) is 0 Å². The maximum absolute atomic E-state index is 5.97. The van der Waals surface area contributed by atoms with Gasteiger partial charge in [0.15, 0.2) is 5.90 Å². The zero-order chi connectivity index (χ0) is 14.3. The number of ether oxygens (including phenoxy) is 2. The summed E-state index contributed by atoms with van der Waals surface area (Å²) < 4.78 is 12.8. The number of aliphatic imine (C=N–C) groups is 1. The van der Waals surface area contributed by atoms with Crippen LogP contribution in [0, 0.1) is 5.92 Å². The Balaban J connectivity index is 2.09. The molecule has 1 aromatic heterocycles. The number of thiazole rings is 1. The van der Waals surface area contributed by atoms with Crippen LogP contribution in [-0.2, 0) is 15.0 Å². The van der Waals surface area contributed by atoms with Crippen LogP contribution in [0.2, 0.25) is 0 Å². The van der Waals surface area contributed by atoms with Crippen molar-refractivity contribution in [3.8, 4) is 0 Å². The van der Waals surface area contributed by atoms with Crippen molar-refractivity contribution in [1.82, 2.24) is 4.98 Å². The molecule has 3 heterocycles. The van der Waals surface area contributed by atoms with Gasteiger partial charge in [0.2, 0.25) is 0 Å². The Labute approximate surface area is 131 Å². The molecule has 1 saturated heterocycles. The van der Waals surface area contributed by atoms with Crippen LogP contribution in [0.3, 0.4) is 0 Å². The van der Waals surface area contributed by atoms with Crippen molar-refractivity contribution in [3.05, 3.63) is 15.0 Å². The van der Waals surface area contributed by atoms with Crippen molar-refractivity contribution >= 4 is 33.2 Å². The summed E-state index contributed by atoms with van der Waals surface area (Å²) in [6.45, 7) is 6.82. The summed E-state index contributed by atoms with van der Waals surface area (Å²) in [4.78, 5) is 9.48. The molecule has 4 nitrogen and oxygen atoms in total. The first-order chi connectivity index (χ1) is 9.55. The summed E-state index contributed by atoms with van der Waals surface area (Å²) >= 11 is 5.10. The highest BCUT2D eigenvalue weighted by Gasteiger charge is 2.53. The van der Waals surface area contributed by atoms with Crippen molar-refractivity contribution < 1.29 is 9.47 Å². The zero-order valence-electron chi connectivity index (χ0n) is 11.9.